The van der Waals surface area contributed by atoms with Crippen LogP contribution >= 0.6 is 0 Å². The summed E-state index contributed by atoms with van der Waals surface area (Å²) in [5.41, 5.74) is 5.57. The second kappa shape index (κ2) is 9.96. The summed E-state index contributed by atoms with van der Waals surface area (Å²) >= 11 is 0. The van der Waals surface area contributed by atoms with Crippen molar-refractivity contribution in [3.05, 3.63) is 119 Å². The standard InChI is InChI=1S/C29H28N2O3/c32-29(33)27(34-26-17-9-15-21-10-7-8-16-24(21)26)20-31-19-18-25(30-31)28(22-11-3-1-4-12-22)23-13-5-2-6-14-23/h1-6,9,11-15,17-19,27-28H,7-8,10,16,20H2,(H,32,33). The second-order valence-electron chi connectivity index (χ2n) is 8.76. The fourth-order valence-corrected chi connectivity index (χ4v) is 4.80. The maximum Gasteiger partial charge on any atom is 0.346 e. The molecule has 3 aromatic carbocycles. The molecule has 0 aliphatic heterocycles. The molecular formula is C29H28N2O3. The Morgan fingerprint density at radius 2 is 1.56 bits per heavy atom. The molecule has 34 heavy (non-hydrogen) atoms. The summed E-state index contributed by atoms with van der Waals surface area (Å²) in [6, 6.07) is 28.4. The van der Waals surface area contributed by atoms with E-state index in [2.05, 4.69) is 30.3 Å². The quantitative estimate of drug-likeness (QED) is 0.385. The average molecular weight is 453 g/mol. The molecule has 1 aliphatic rings. The normalized spacial score (nSPS) is 13.9. The molecule has 5 rings (SSSR count). The Balaban J connectivity index is 1.40. The zero-order chi connectivity index (χ0) is 23.3. The summed E-state index contributed by atoms with van der Waals surface area (Å²) in [5.74, 6) is -0.342. The summed E-state index contributed by atoms with van der Waals surface area (Å²) in [7, 11) is 0. The molecule has 5 heteroatoms. The molecule has 1 unspecified atom stereocenters. The molecule has 172 valence electrons. The molecule has 0 saturated carbocycles. The van der Waals surface area contributed by atoms with Gasteiger partial charge in [-0.1, -0.05) is 72.8 Å². The minimum Gasteiger partial charge on any atom is -0.478 e. The Kier molecular flexibility index (Phi) is 6.43. The summed E-state index contributed by atoms with van der Waals surface area (Å²) in [6.45, 7) is 0.134. The van der Waals surface area contributed by atoms with Crippen LogP contribution in [0.1, 0.15) is 46.7 Å². The van der Waals surface area contributed by atoms with Crippen molar-refractivity contribution in [2.75, 3.05) is 0 Å². The Labute approximate surface area is 199 Å². The predicted octanol–water partition coefficient (Wildman–Crippen LogP) is 5.47. The van der Waals surface area contributed by atoms with E-state index in [0.29, 0.717) is 5.75 Å². The van der Waals surface area contributed by atoms with Crippen LogP contribution in [0.25, 0.3) is 0 Å². The van der Waals surface area contributed by atoms with Crippen molar-refractivity contribution in [1.82, 2.24) is 9.78 Å². The monoisotopic (exact) mass is 452 g/mol. The number of aryl methyl sites for hydroxylation is 1. The number of fused-ring (bicyclic) bond motifs is 1. The summed E-state index contributed by atoms with van der Waals surface area (Å²) in [4.78, 5) is 12.1. The first-order valence-electron chi connectivity index (χ1n) is 11.8. The van der Waals surface area contributed by atoms with Crippen molar-refractivity contribution in [2.45, 2.75) is 44.2 Å². The third-order valence-electron chi connectivity index (χ3n) is 6.47. The highest BCUT2D eigenvalue weighted by molar-refractivity contribution is 5.72. The van der Waals surface area contributed by atoms with Crippen molar-refractivity contribution >= 4 is 5.97 Å². The molecule has 0 amide bonds. The minimum absolute atomic E-state index is 0.0333. The highest BCUT2D eigenvalue weighted by Crippen LogP contribution is 2.32. The minimum atomic E-state index is -1.02. The number of carboxylic acids is 1. The number of aliphatic carboxylic acids is 1. The van der Waals surface area contributed by atoms with Gasteiger partial charge in [-0.2, -0.15) is 5.10 Å². The summed E-state index contributed by atoms with van der Waals surface area (Å²) in [6.07, 6.45) is 5.04. The molecule has 0 saturated heterocycles. The van der Waals surface area contributed by atoms with Gasteiger partial charge in [0.15, 0.2) is 0 Å². The first-order chi connectivity index (χ1) is 16.7. The van der Waals surface area contributed by atoms with Gasteiger partial charge in [0.05, 0.1) is 18.2 Å². The molecule has 1 heterocycles. The lowest BCUT2D eigenvalue weighted by Gasteiger charge is -2.22. The van der Waals surface area contributed by atoms with Crippen molar-refractivity contribution in [3.8, 4) is 5.75 Å². The third-order valence-corrected chi connectivity index (χ3v) is 6.47. The number of rotatable bonds is 8. The van der Waals surface area contributed by atoms with Crippen LogP contribution < -0.4 is 4.74 Å². The van der Waals surface area contributed by atoms with Gasteiger partial charge in [-0.25, -0.2) is 4.79 Å². The Bertz CT molecular complexity index is 1210. The third kappa shape index (κ3) is 4.74. The summed E-state index contributed by atoms with van der Waals surface area (Å²) < 4.78 is 7.74. The van der Waals surface area contributed by atoms with Crippen LogP contribution in [0.15, 0.2) is 91.1 Å². The highest BCUT2D eigenvalue weighted by Gasteiger charge is 2.25. The van der Waals surface area contributed by atoms with Gasteiger partial charge in [-0.05, 0) is 60.1 Å². The van der Waals surface area contributed by atoms with Crippen LogP contribution in [0.4, 0.5) is 0 Å². The van der Waals surface area contributed by atoms with Gasteiger partial charge < -0.3 is 9.84 Å². The van der Waals surface area contributed by atoms with E-state index in [1.165, 1.54) is 12.0 Å². The van der Waals surface area contributed by atoms with Crippen molar-refractivity contribution in [2.24, 2.45) is 0 Å². The van der Waals surface area contributed by atoms with Crippen molar-refractivity contribution in [3.63, 3.8) is 0 Å². The second-order valence-corrected chi connectivity index (χ2v) is 8.76. The van der Waals surface area contributed by atoms with Gasteiger partial charge in [0.1, 0.15) is 5.75 Å². The summed E-state index contributed by atoms with van der Waals surface area (Å²) in [5, 5.41) is 14.7. The first kappa shape index (κ1) is 22.0. The number of carboxylic acid groups (broad SMARTS) is 1. The fourth-order valence-electron chi connectivity index (χ4n) is 4.80. The number of hydrogen-bond acceptors (Lipinski definition) is 3. The molecule has 0 fully saturated rings. The molecule has 1 aromatic heterocycles. The zero-order valence-electron chi connectivity index (χ0n) is 19.0. The Morgan fingerprint density at radius 3 is 2.24 bits per heavy atom. The van der Waals surface area contributed by atoms with E-state index in [1.807, 2.05) is 60.8 Å². The van der Waals surface area contributed by atoms with Crippen LogP contribution in [-0.4, -0.2) is 27.0 Å². The molecular weight excluding hydrogens is 424 g/mol. The SMILES string of the molecule is O=C(O)C(Cn1ccc(C(c2ccccc2)c2ccccc2)n1)Oc1cccc2c1CCCC2. The largest absolute Gasteiger partial charge is 0.478 e. The molecule has 0 radical (unpaired) electrons. The molecule has 1 aliphatic carbocycles. The molecule has 0 bridgehead atoms. The van der Waals surface area contributed by atoms with Crippen LogP contribution in [0.5, 0.6) is 5.75 Å². The number of nitrogens with zero attached hydrogens (tertiary/aromatic N) is 2. The van der Waals surface area contributed by atoms with Crippen LogP contribution in [-0.2, 0) is 24.2 Å². The van der Waals surface area contributed by atoms with Gasteiger partial charge in [0.25, 0.3) is 0 Å². The van der Waals surface area contributed by atoms with Crippen molar-refractivity contribution < 1.29 is 14.6 Å². The van der Waals surface area contributed by atoms with Gasteiger partial charge in [0.2, 0.25) is 6.10 Å². The van der Waals surface area contributed by atoms with E-state index in [1.54, 1.807) is 4.68 Å². The lowest BCUT2D eigenvalue weighted by molar-refractivity contribution is -0.145. The number of hydrogen-bond donors (Lipinski definition) is 1. The number of ether oxygens (including phenoxy) is 1. The van der Waals surface area contributed by atoms with Crippen LogP contribution in [0, 0.1) is 0 Å². The lowest BCUT2D eigenvalue weighted by Crippen LogP contribution is -2.32. The van der Waals surface area contributed by atoms with Gasteiger partial charge in [-0.15, -0.1) is 0 Å². The highest BCUT2D eigenvalue weighted by atomic mass is 16.5. The van der Waals surface area contributed by atoms with E-state index < -0.39 is 12.1 Å². The fraction of sp³-hybridized carbons (Fsp3) is 0.241. The number of carbonyl (C=O) groups is 1. The number of benzene rings is 3. The van der Waals surface area contributed by atoms with E-state index in [0.717, 1.165) is 41.6 Å². The Hall–Kier alpha value is -3.86. The molecule has 4 aromatic rings. The molecule has 1 atom stereocenters. The van der Waals surface area contributed by atoms with Crippen LogP contribution in [0.3, 0.4) is 0 Å². The predicted molar refractivity (Wildman–Crippen MR) is 131 cm³/mol. The molecule has 1 N–H and O–H groups in total. The molecule has 5 nitrogen and oxygen atoms in total. The van der Waals surface area contributed by atoms with E-state index >= 15 is 0 Å². The topological polar surface area (TPSA) is 64.3 Å². The van der Waals surface area contributed by atoms with Gasteiger partial charge in [0, 0.05) is 6.20 Å². The maximum absolute atomic E-state index is 12.1. The lowest BCUT2D eigenvalue weighted by atomic mass is 9.89. The van der Waals surface area contributed by atoms with Gasteiger partial charge in [-0.3, -0.25) is 4.68 Å². The first-order valence-corrected chi connectivity index (χ1v) is 11.8. The zero-order valence-corrected chi connectivity index (χ0v) is 19.0. The number of aromatic nitrogens is 2. The van der Waals surface area contributed by atoms with Gasteiger partial charge >= 0.3 is 5.97 Å². The molecule has 0 spiro atoms. The van der Waals surface area contributed by atoms with E-state index in [9.17, 15) is 9.90 Å². The van der Waals surface area contributed by atoms with E-state index in [-0.39, 0.29) is 12.5 Å². The van der Waals surface area contributed by atoms with Crippen LogP contribution in [0.2, 0.25) is 0 Å². The smallest absolute Gasteiger partial charge is 0.346 e. The Morgan fingerprint density at radius 1 is 0.882 bits per heavy atom. The van der Waals surface area contributed by atoms with Crippen molar-refractivity contribution in [1.29, 1.82) is 0 Å². The average Bonchev–Trinajstić information content (AvgIpc) is 3.33. The van der Waals surface area contributed by atoms with E-state index in [4.69, 9.17) is 9.84 Å². The maximum atomic E-state index is 12.1.